The lowest BCUT2D eigenvalue weighted by atomic mass is 10.1. The summed E-state index contributed by atoms with van der Waals surface area (Å²) in [5.41, 5.74) is 0.962. The van der Waals surface area contributed by atoms with E-state index < -0.39 is 0 Å². The van der Waals surface area contributed by atoms with Crippen molar-refractivity contribution in [1.82, 2.24) is 29.7 Å². The van der Waals surface area contributed by atoms with Gasteiger partial charge in [-0.2, -0.15) is 10.1 Å². The third-order valence-electron chi connectivity index (χ3n) is 6.11. The molecular weight excluding hydrogens is 468 g/mol. The van der Waals surface area contributed by atoms with E-state index in [4.69, 9.17) is 16.1 Å². The summed E-state index contributed by atoms with van der Waals surface area (Å²) in [6, 6.07) is 14.3. The van der Waals surface area contributed by atoms with E-state index in [1.807, 2.05) is 32.0 Å². The van der Waals surface area contributed by atoms with Gasteiger partial charge in [-0.15, -0.1) is 0 Å². The molecule has 1 fully saturated rings. The van der Waals surface area contributed by atoms with Crippen LogP contribution in [0, 0.1) is 0 Å². The van der Waals surface area contributed by atoms with E-state index in [1.165, 1.54) is 4.68 Å². The van der Waals surface area contributed by atoms with Gasteiger partial charge < -0.3 is 9.42 Å². The van der Waals surface area contributed by atoms with Crippen LogP contribution in [0.15, 0.2) is 57.8 Å². The molecule has 0 unspecified atom stereocenters. The van der Waals surface area contributed by atoms with Crippen molar-refractivity contribution in [3.63, 3.8) is 0 Å². The highest BCUT2D eigenvalue weighted by molar-refractivity contribution is 6.30. The fraction of sp³-hybridized carbons (Fsp3) is 0.320. The maximum atomic E-state index is 13.4. The molecule has 0 radical (unpaired) electrons. The van der Waals surface area contributed by atoms with Crippen molar-refractivity contribution < 1.29 is 9.32 Å². The van der Waals surface area contributed by atoms with Crippen LogP contribution in [0.5, 0.6) is 0 Å². The monoisotopic (exact) mass is 492 g/mol. The molecule has 5 rings (SSSR count). The standard InChI is InChI=1S/C25H25ClN6O3/c1-16(2)32-24(33)20-6-4-3-5-19(20)22(28-32)25(34)31-13-11-30(12-14-31)15-21-27-23(29-35-21)17-7-9-18(26)10-8-17/h3-10,16H,11-15H2,1-2H3. The SMILES string of the molecule is CC(C)n1nc(C(=O)N2CCN(Cc3nc(-c4ccc(Cl)cc4)no3)CC2)c2ccccc2c1=O. The zero-order valence-electron chi connectivity index (χ0n) is 19.5. The average molecular weight is 493 g/mol. The lowest BCUT2D eigenvalue weighted by Gasteiger charge is -2.34. The molecule has 2 aromatic carbocycles. The van der Waals surface area contributed by atoms with Gasteiger partial charge in [0.2, 0.25) is 11.7 Å². The van der Waals surface area contributed by atoms with Crippen LogP contribution in [0.3, 0.4) is 0 Å². The summed E-state index contributed by atoms with van der Waals surface area (Å²) in [4.78, 5) is 34.7. The zero-order chi connectivity index (χ0) is 24.5. The number of nitrogens with zero attached hydrogens (tertiary/aromatic N) is 6. The van der Waals surface area contributed by atoms with Crippen LogP contribution in [0.2, 0.25) is 5.02 Å². The molecule has 1 saturated heterocycles. The molecule has 180 valence electrons. The van der Waals surface area contributed by atoms with Gasteiger partial charge in [0, 0.05) is 42.2 Å². The summed E-state index contributed by atoms with van der Waals surface area (Å²) in [6.45, 7) is 6.65. The van der Waals surface area contributed by atoms with Gasteiger partial charge in [-0.3, -0.25) is 14.5 Å². The maximum Gasteiger partial charge on any atom is 0.275 e. The number of carbonyl (C=O) groups is 1. The molecule has 35 heavy (non-hydrogen) atoms. The first-order valence-electron chi connectivity index (χ1n) is 11.5. The predicted molar refractivity (Wildman–Crippen MR) is 132 cm³/mol. The van der Waals surface area contributed by atoms with Crippen LogP contribution in [-0.2, 0) is 6.54 Å². The Morgan fingerprint density at radius 3 is 2.40 bits per heavy atom. The van der Waals surface area contributed by atoms with Crippen LogP contribution in [0.1, 0.15) is 36.3 Å². The second-order valence-electron chi connectivity index (χ2n) is 8.82. The Kier molecular flexibility index (Phi) is 6.36. The molecule has 0 N–H and O–H groups in total. The first-order chi connectivity index (χ1) is 16.9. The Labute approximate surface area is 206 Å². The molecule has 0 aliphatic carbocycles. The summed E-state index contributed by atoms with van der Waals surface area (Å²) >= 11 is 5.95. The third kappa shape index (κ3) is 4.69. The molecular formula is C25H25ClN6O3. The molecule has 1 aliphatic heterocycles. The number of aromatic nitrogens is 4. The Balaban J connectivity index is 1.28. The number of piperazine rings is 1. The summed E-state index contributed by atoms with van der Waals surface area (Å²) in [5.74, 6) is 0.869. The highest BCUT2D eigenvalue weighted by Crippen LogP contribution is 2.20. The molecule has 10 heteroatoms. The normalized spacial score (nSPS) is 14.7. The van der Waals surface area contributed by atoms with Crippen LogP contribution in [0.25, 0.3) is 22.2 Å². The van der Waals surface area contributed by atoms with Crippen molar-refractivity contribution in [2.75, 3.05) is 26.2 Å². The zero-order valence-corrected chi connectivity index (χ0v) is 20.3. The van der Waals surface area contributed by atoms with Crippen LogP contribution >= 0.6 is 11.6 Å². The quantitative estimate of drug-likeness (QED) is 0.419. The minimum atomic E-state index is -0.186. The van der Waals surface area contributed by atoms with Gasteiger partial charge >= 0.3 is 0 Å². The minimum absolute atomic E-state index is 0.150. The molecule has 0 spiro atoms. The molecule has 4 aromatic rings. The van der Waals surface area contributed by atoms with Crippen molar-refractivity contribution in [3.05, 3.63) is 75.5 Å². The molecule has 1 aliphatic rings. The predicted octanol–water partition coefficient (Wildman–Crippen LogP) is 3.64. The van der Waals surface area contributed by atoms with Gasteiger partial charge in [-0.05, 0) is 44.2 Å². The van der Waals surface area contributed by atoms with E-state index in [2.05, 4.69) is 20.1 Å². The lowest BCUT2D eigenvalue weighted by molar-refractivity contribution is 0.0608. The van der Waals surface area contributed by atoms with Gasteiger partial charge in [-0.25, -0.2) is 4.68 Å². The maximum absolute atomic E-state index is 13.4. The van der Waals surface area contributed by atoms with Crippen molar-refractivity contribution >= 4 is 28.3 Å². The second kappa shape index (κ2) is 9.59. The van der Waals surface area contributed by atoms with Gasteiger partial charge in [0.1, 0.15) is 0 Å². The fourth-order valence-corrected chi connectivity index (χ4v) is 4.33. The molecule has 3 heterocycles. The number of benzene rings is 2. The summed E-state index contributed by atoms with van der Waals surface area (Å²) in [5, 5.41) is 10.3. The number of amides is 1. The van der Waals surface area contributed by atoms with Gasteiger partial charge in [0.15, 0.2) is 5.69 Å². The highest BCUT2D eigenvalue weighted by Gasteiger charge is 2.27. The van der Waals surface area contributed by atoms with E-state index in [9.17, 15) is 9.59 Å². The lowest BCUT2D eigenvalue weighted by Crippen LogP contribution is -2.48. The molecule has 2 aromatic heterocycles. The second-order valence-corrected chi connectivity index (χ2v) is 9.26. The first-order valence-corrected chi connectivity index (χ1v) is 11.9. The first kappa shape index (κ1) is 23.2. The minimum Gasteiger partial charge on any atom is -0.338 e. The summed E-state index contributed by atoms with van der Waals surface area (Å²) in [6.07, 6.45) is 0. The summed E-state index contributed by atoms with van der Waals surface area (Å²) in [7, 11) is 0. The average Bonchev–Trinajstić information content (AvgIpc) is 3.33. The largest absolute Gasteiger partial charge is 0.338 e. The number of carbonyl (C=O) groups excluding carboxylic acids is 1. The van der Waals surface area contributed by atoms with Crippen molar-refractivity contribution in [1.29, 1.82) is 0 Å². The molecule has 0 atom stereocenters. The van der Waals surface area contributed by atoms with E-state index >= 15 is 0 Å². The topological polar surface area (TPSA) is 97.4 Å². The number of hydrogen-bond donors (Lipinski definition) is 0. The Morgan fingerprint density at radius 1 is 1.03 bits per heavy atom. The highest BCUT2D eigenvalue weighted by atomic mass is 35.5. The van der Waals surface area contributed by atoms with Crippen molar-refractivity contribution in [2.24, 2.45) is 0 Å². The smallest absolute Gasteiger partial charge is 0.275 e. The van der Waals surface area contributed by atoms with Crippen LogP contribution in [0.4, 0.5) is 0 Å². The summed E-state index contributed by atoms with van der Waals surface area (Å²) < 4.78 is 6.82. The molecule has 0 saturated carbocycles. The fourth-order valence-electron chi connectivity index (χ4n) is 4.20. The van der Waals surface area contributed by atoms with Gasteiger partial charge in [0.25, 0.3) is 11.5 Å². The Bertz CT molecular complexity index is 1420. The van der Waals surface area contributed by atoms with Gasteiger partial charge in [0.05, 0.1) is 18.0 Å². The number of hydrogen-bond acceptors (Lipinski definition) is 7. The van der Waals surface area contributed by atoms with Crippen LogP contribution < -0.4 is 5.56 Å². The Hall–Kier alpha value is -3.56. The number of rotatable bonds is 5. The van der Waals surface area contributed by atoms with E-state index in [0.717, 1.165) is 5.56 Å². The van der Waals surface area contributed by atoms with Crippen LogP contribution in [-0.4, -0.2) is 61.8 Å². The number of fused-ring (bicyclic) bond motifs is 1. The number of halogens is 1. The van der Waals surface area contributed by atoms with E-state index in [1.54, 1.807) is 35.2 Å². The van der Waals surface area contributed by atoms with Gasteiger partial charge in [-0.1, -0.05) is 35.0 Å². The Morgan fingerprint density at radius 2 is 1.71 bits per heavy atom. The molecule has 1 amide bonds. The third-order valence-corrected chi connectivity index (χ3v) is 6.36. The molecule has 9 nitrogen and oxygen atoms in total. The van der Waals surface area contributed by atoms with E-state index in [-0.39, 0.29) is 17.5 Å². The van der Waals surface area contributed by atoms with Crippen molar-refractivity contribution in [2.45, 2.75) is 26.4 Å². The van der Waals surface area contributed by atoms with E-state index in [0.29, 0.717) is 65.9 Å². The molecule has 0 bridgehead atoms. The van der Waals surface area contributed by atoms with Crippen molar-refractivity contribution in [3.8, 4) is 11.4 Å².